The molecule has 1 aliphatic rings. The zero-order valence-electron chi connectivity index (χ0n) is 11.9. The highest BCUT2D eigenvalue weighted by Crippen LogP contribution is 2.30. The maximum absolute atomic E-state index is 10.8. The average Bonchev–Trinajstić information content (AvgIpc) is 2.67. The van der Waals surface area contributed by atoms with Crippen LogP contribution in [-0.2, 0) is 5.60 Å². The van der Waals surface area contributed by atoms with Crippen LogP contribution in [0.4, 0.5) is 0 Å². The van der Waals surface area contributed by atoms with Crippen molar-refractivity contribution in [2.75, 3.05) is 39.8 Å². The smallest absolute Gasteiger partial charge is 0.124 e. The molecule has 1 aliphatic heterocycles. The Morgan fingerprint density at radius 1 is 1.32 bits per heavy atom. The number of hydrogen-bond donors (Lipinski definition) is 2. The molecule has 0 bridgehead atoms. The second-order valence-corrected chi connectivity index (χ2v) is 5.35. The van der Waals surface area contributed by atoms with Gasteiger partial charge >= 0.3 is 0 Å². The lowest BCUT2D eigenvalue weighted by Crippen LogP contribution is -2.40. The van der Waals surface area contributed by atoms with Gasteiger partial charge in [0.05, 0.1) is 7.11 Å². The fourth-order valence-corrected chi connectivity index (χ4v) is 2.67. The number of benzene rings is 1. The molecule has 106 valence electrons. The van der Waals surface area contributed by atoms with Crippen molar-refractivity contribution in [2.45, 2.75) is 18.9 Å². The third kappa shape index (κ3) is 3.69. The molecule has 1 aromatic carbocycles. The number of ether oxygens (including phenoxy) is 1. The molecule has 2 N–H and O–H groups in total. The average molecular weight is 264 g/mol. The van der Waals surface area contributed by atoms with Crippen molar-refractivity contribution in [3.63, 3.8) is 0 Å². The Balaban J connectivity index is 2.11. The van der Waals surface area contributed by atoms with E-state index in [1.165, 1.54) is 0 Å². The summed E-state index contributed by atoms with van der Waals surface area (Å²) in [6.07, 6.45) is 1.13. The molecule has 1 fully saturated rings. The SMILES string of the molecule is COc1ccccc1C(C)(O)CN1CCCNCC1. The first-order valence-electron chi connectivity index (χ1n) is 6.92. The van der Waals surface area contributed by atoms with Gasteiger partial charge in [-0.1, -0.05) is 18.2 Å². The Labute approximate surface area is 115 Å². The number of para-hydroxylation sites is 1. The van der Waals surface area contributed by atoms with E-state index in [1.54, 1.807) is 7.11 Å². The van der Waals surface area contributed by atoms with Crippen molar-refractivity contribution in [1.82, 2.24) is 10.2 Å². The summed E-state index contributed by atoms with van der Waals surface area (Å²) in [5.74, 6) is 0.750. The number of rotatable bonds is 4. The minimum absolute atomic E-state index is 0.634. The molecule has 0 aliphatic carbocycles. The number of aliphatic hydroxyl groups is 1. The van der Waals surface area contributed by atoms with Gasteiger partial charge < -0.3 is 15.2 Å². The Kier molecular flexibility index (Phi) is 4.80. The van der Waals surface area contributed by atoms with Gasteiger partial charge in [-0.05, 0) is 32.5 Å². The van der Waals surface area contributed by atoms with Crippen LogP contribution in [0.1, 0.15) is 18.9 Å². The molecular weight excluding hydrogens is 240 g/mol. The molecule has 1 unspecified atom stereocenters. The van der Waals surface area contributed by atoms with Crippen LogP contribution in [-0.4, -0.2) is 49.8 Å². The van der Waals surface area contributed by atoms with Gasteiger partial charge in [0, 0.05) is 25.2 Å². The highest BCUT2D eigenvalue weighted by molar-refractivity contribution is 5.37. The fraction of sp³-hybridized carbons (Fsp3) is 0.600. The van der Waals surface area contributed by atoms with E-state index >= 15 is 0 Å². The standard InChI is InChI=1S/C15H24N2O2/c1-15(18,12-17-10-5-8-16-9-11-17)13-6-3-4-7-14(13)19-2/h3-4,6-7,16,18H,5,8-12H2,1-2H3. The number of nitrogens with zero attached hydrogens (tertiary/aromatic N) is 1. The van der Waals surface area contributed by atoms with E-state index in [-0.39, 0.29) is 0 Å². The molecule has 4 nitrogen and oxygen atoms in total. The van der Waals surface area contributed by atoms with Gasteiger partial charge in [0.25, 0.3) is 0 Å². The predicted octanol–water partition coefficient (Wildman–Crippen LogP) is 1.20. The van der Waals surface area contributed by atoms with Crippen LogP contribution in [0.3, 0.4) is 0 Å². The zero-order valence-corrected chi connectivity index (χ0v) is 11.9. The lowest BCUT2D eigenvalue weighted by Gasteiger charge is -2.32. The molecule has 0 saturated carbocycles. The van der Waals surface area contributed by atoms with E-state index in [0.717, 1.165) is 43.9 Å². The van der Waals surface area contributed by atoms with Crippen LogP contribution in [0, 0.1) is 0 Å². The van der Waals surface area contributed by atoms with Gasteiger partial charge in [-0.25, -0.2) is 0 Å². The largest absolute Gasteiger partial charge is 0.496 e. The number of hydrogen-bond acceptors (Lipinski definition) is 4. The Morgan fingerprint density at radius 3 is 2.89 bits per heavy atom. The van der Waals surface area contributed by atoms with Gasteiger partial charge in [-0.15, -0.1) is 0 Å². The molecule has 1 atom stereocenters. The Hall–Kier alpha value is -1.10. The number of methoxy groups -OCH3 is 1. The Bertz CT molecular complexity index is 399. The van der Waals surface area contributed by atoms with Crippen molar-refractivity contribution >= 4 is 0 Å². The van der Waals surface area contributed by atoms with Crippen molar-refractivity contribution in [3.05, 3.63) is 29.8 Å². The molecule has 0 amide bonds. The molecule has 0 radical (unpaired) electrons. The molecule has 1 saturated heterocycles. The van der Waals surface area contributed by atoms with Crippen LogP contribution in [0.15, 0.2) is 24.3 Å². The monoisotopic (exact) mass is 264 g/mol. The summed E-state index contributed by atoms with van der Waals surface area (Å²) in [6, 6.07) is 7.70. The maximum atomic E-state index is 10.8. The minimum atomic E-state index is -0.892. The highest BCUT2D eigenvalue weighted by Gasteiger charge is 2.29. The predicted molar refractivity (Wildman–Crippen MR) is 76.5 cm³/mol. The second kappa shape index (κ2) is 6.37. The van der Waals surface area contributed by atoms with E-state index in [0.29, 0.717) is 6.54 Å². The molecule has 19 heavy (non-hydrogen) atoms. The van der Waals surface area contributed by atoms with Crippen molar-refractivity contribution in [3.8, 4) is 5.75 Å². The van der Waals surface area contributed by atoms with Crippen LogP contribution in [0.5, 0.6) is 5.75 Å². The normalized spacial score (nSPS) is 20.6. The van der Waals surface area contributed by atoms with E-state index < -0.39 is 5.60 Å². The third-order valence-electron chi connectivity index (χ3n) is 3.65. The van der Waals surface area contributed by atoms with E-state index in [2.05, 4.69) is 10.2 Å². The summed E-state index contributed by atoms with van der Waals surface area (Å²) in [5, 5.41) is 14.2. The summed E-state index contributed by atoms with van der Waals surface area (Å²) in [4.78, 5) is 2.31. The Morgan fingerprint density at radius 2 is 2.11 bits per heavy atom. The topological polar surface area (TPSA) is 44.7 Å². The summed E-state index contributed by atoms with van der Waals surface area (Å²) < 4.78 is 5.35. The lowest BCUT2D eigenvalue weighted by molar-refractivity contribution is 0.0158. The summed E-state index contributed by atoms with van der Waals surface area (Å²) in [5.41, 5.74) is -0.0357. The zero-order chi connectivity index (χ0) is 13.7. The van der Waals surface area contributed by atoms with Crippen molar-refractivity contribution < 1.29 is 9.84 Å². The molecule has 1 heterocycles. The summed E-state index contributed by atoms with van der Waals surface area (Å²) in [7, 11) is 1.64. The van der Waals surface area contributed by atoms with Crippen LogP contribution >= 0.6 is 0 Å². The second-order valence-electron chi connectivity index (χ2n) is 5.35. The number of β-amino-alcohol motifs (C(OH)–C–C–N with tert-alkyl or cyclic N) is 1. The van der Waals surface area contributed by atoms with E-state index in [4.69, 9.17) is 4.74 Å². The van der Waals surface area contributed by atoms with E-state index in [1.807, 2.05) is 31.2 Å². The molecule has 0 spiro atoms. The molecule has 4 heteroatoms. The first kappa shape index (κ1) is 14.3. The summed E-state index contributed by atoms with van der Waals surface area (Å²) in [6.45, 7) is 6.55. The minimum Gasteiger partial charge on any atom is -0.496 e. The third-order valence-corrected chi connectivity index (χ3v) is 3.65. The first-order valence-corrected chi connectivity index (χ1v) is 6.92. The van der Waals surface area contributed by atoms with Gasteiger partial charge in [0.1, 0.15) is 11.4 Å². The summed E-state index contributed by atoms with van der Waals surface area (Å²) >= 11 is 0. The van der Waals surface area contributed by atoms with Gasteiger partial charge in [-0.2, -0.15) is 0 Å². The molecule has 2 rings (SSSR count). The van der Waals surface area contributed by atoms with E-state index in [9.17, 15) is 5.11 Å². The quantitative estimate of drug-likeness (QED) is 0.858. The van der Waals surface area contributed by atoms with Crippen LogP contribution < -0.4 is 10.1 Å². The van der Waals surface area contributed by atoms with Crippen LogP contribution in [0.2, 0.25) is 0 Å². The highest BCUT2D eigenvalue weighted by atomic mass is 16.5. The molecule has 0 aromatic heterocycles. The fourth-order valence-electron chi connectivity index (χ4n) is 2.67. The van der Waals surface area contributed by atoms with Crippen LogP contribution in [0.25, 0.3) is 0 Å². The van der Waals surface area contributed by atoms with Gasteiger partial charge in [0.2, 0.25) is 0 Å². The van der Waals surface area contributed by atoms with Crippen molar-refractivity contribution in [2.24, 2.45) is 0 Å². The molecular formula is C15H24N2O2. The number of nitrogens with one attached hydrogen (secondary N) is 1. The molecule has 1 aromatic rings. The van der Waals surface area contributed by atoms with Crippen molar-refractivity contribution in [1.29, 1.82) is 0 Å². The first-order chi connectivity index (χ1) is 9.13. The lowest BCUT2D eigenvalue weighted by atomic mass is 9.94. The maximum Gasteiger partial charge on any atom is 0.124 e. The van der Waals surface area contributed by atoms with Gasteiger partial charge in [-0.3, -0.25) is 4.90 Å². The van der Waals surface area contributed by atoms with Gasteiger partial charge in [0.15, 0.2) is 0 Å².